The molecule has 31 heavy (non-hydrogen) atoms. The first-order valence-corrected chi connectivity index (χ1v) is 10.7. The van der Waals surface area contributed by atoms with Crippen molar-refractivity contribution in [2.24, 2.45) is 0 Å². The van der Waals surface area contributed by atoms with Crippen LogP contribution in [0.2, 0.25) is 5.02 Å². The van der Waals surface area contributed by atoms with Crippen molar-refractivity contribution in [1.82, 2.24) is 9.88 Å². The summed E-state index contributed by atoms with van der Waals surface area (Å²) in [5, 5.41) is 3.78. The van der Waals surface area contributed by atoms with Crippen LogP contribution in [-0.2, 0) is 25.4 Å². The Bertz CT molecular complexity index is 1260. The first kappa shape index (κ1) is 21.2. The number of aryl methyl sites for hydroxylation is 2. The molecule has 4 aromatic rings. The third kappa shape index (κ3) is 4.84. The van der Waals surface area contributed by atoms with Gasteiger partial charge in [-0.05, 0) is 35.7 Å². The van der Waals surface area contributed by atoms with Crippen LogP contribution in [0.15, 0.2) is 76.1 Å². The van der Waals surface area contributed by atoms with E-state index in [2.05, 4.69) is 5.32 Å². The first-order valence-electron chi connectivity index (χ1n) is 9.83. The minimum absolute atomic E-state index is 0.0662. The number of hydrogen-bond acceptors (Lipinski definition) is 3. The van der Waals surface area contributed by atoms with Crippen LogP contribution in [-0.4, -0.2) is 10.5 Å². The summed E-state index contributed by atoms with van der Waals surface area (Å²) in [6.45, 7) is 0.837. The molecule has 0 aliphatic rings. The van der Waals surface area contributed by atoms with Crippen molar-refractivity contribution in [3.8, 4) is 0 Å². The van der Waals surface area contributed by atoms with Crippen LogP contribution in [0, 0.1) is 0 Å². The van der Waals surface area contributed by atoms with Crippen molar-refractivity contribution in [3.63, 3.8) is 0 Å². The Morgan fingerprint density at radius 3 is 2.48 bits per heavy atom. The number of hydrogen-bond donors (Lipinski definition) is 1. The van der Waals surface area contributed by atoms with Crippen LogP contribution < -0.4 is 10.7 Å². The lowest BCUT2D eigenvalue weighted by atomic mass is 10.1. The summed E-state index contributed by atoms with van der Waals surface area (Å²) >= 11 is 11.8. The molecular weight excluding hydrogens is 435 g/mol. The fraction of sp³-hybridized carbons (Fsp3) is 0.167. The van der Waals surface area contributed by atoms with Gasteiger partial charge in [0.1, 0.15) is 11.3 Å². The molecule has 7 heteroatoms. The molecule has 2 aromatic carbocycles. The van der Waals surface area contributed by atoms with Gasteiger partial charge >= 0.3 is 0 Å². The number of rotatable bonds is 7. The van der Waals surface area contributed by atoms with E-state index in [0.29, 0.717) is 28.4 Å². The SMILES string of the molecule is O=C(NCc1ccc(Cl)cc1)c1cn(CCc2ccccc2)c2oc(CCl)cc2c1=O. The van der Waals surface area contributed by atoms with Gasteiger partial charge in [-0.1, -0.05) is 54.1 Å². The van der Waals surface area contributed by atoms with Gasteiger partial charge in [-0.25, -0.2) is 0 Å². The third-order valence-corrected chi connectivity index (χ3v) is 5.54. The molecule has 0 fully saturated rings. The number of nitrogens with one attached hydrogen (secondary N) is 1. The summed E-state index contributed by atoms with van der Waals surface area (Å²) in [6, 6.07) is 18.8. The minimum atomic E-state index is -0.441. The zero-order valence-electron chi connectivity index (χ0n) is 16.6. The molecule has 0 aliphatic carbocycles. The van der Waals surface area contributed by atoms with Gasteiger partial charge < -0.3 is 14.3 Å². The minimum Gasteiger partial charge on any atom is -0.443 e. The molecule has 2 aromatic heterocycles. The second kappa shape index (κ2) is 9.41. The van der Waals surface area contributed by atoms with Crippen molar-refractivity contribution in [1.29, 1.82) is 0 Å². The van der Waals surface area contributed by atoms with Gasteiger partial charge in [-0.15, -0.1) is 11.6 Å². The molecule has 1 amide bonds. The summed E-state index contributed by atoms with van der Waals surface area (Å²) in [7, 11) is 0. The number of nitrogens with zero attached hydrogens (tertiary/aromatic N) is 1. The second-order valence-electron chi connectivity index (χ2n) is 7.18. The van der Waals surface area contributed by atoms with Crippen LogP contribution >= 0.6 is 23.2 Å². The maximum absolute atomic E-state index is 13.0. The van der Waals surface area contributed by atoms with Gasteiger partial charge in [0.05, 0.1) is 11.3 Å². The normalized spacial score (nSPS) is 11.0. The van der Waals surface area contributed by atoms with E-state index in [0.717, 1.165) is 17.5 Å². The van der Waals surface area contributed by atoms with E-state index in [4.69, 9.17) is 27.6 Å². The Morgan fingerprint density at radius 2 is 1.77 bits per heavy atom. The number of carbonyl (C=O) groups excluding carboxylic acids is 1. The molecule has 1 N–H and O–H groups in total. The standard InChI is InChI=1S/C24H20Cl2N2O3/c25-13-19-12-20-22(29)21(23(30)27-14-17-6-8-18(26)9-7-17)15-28(24(20)31-19)11-10-16-4-2-1-3-5-16/h1-9,12,15H,10-11,13-14H2,(H,27,30). The van der Waals surface area contributed by atoms with E-state index < -0.39 is 5.91 Å². The number of benzene rings is 2. The van der Waals surface area contributed by atoms with E-state index in [1.54, 1.807) is 29.0 Å². The fourth-order valence-corrected chi connectivity index (χ4v) is 3.65. The fourth-order valence-electron chi connectivity index (χ4n) is 3.39. The molecule has 0 bridgehead atoms. The van der Waals surface area contributed by atoms with Crippen LogP contribution in [0.4, 0.5) is 0 Å². The Morgan fingerprint density at radius 1 is 1.03 bits per heavy atom. The average Bonchev–Trinajstić information content (AvgIpc) is 3.24. The summed E-state index contributed by atoms with van der Waals surface area (Å²) < 4.78 is 7.58. The molecule has 0 saturated heterocycles. The molecule has 5 nitrogen and oxygen atoms in total. The number of pyridine rings is 1. The predicted octanol–water partition coefficient (Wildman–Crippen LogP) is 5.16. The van der Waals surface area contributed by atoms with Gasteiger partial charge in [0.2, 0.25) is 11.1 Å². The van der Waals surface area contributed by atoms with Crippen LogP contribution in [0.1, 0.15) is 27.2 Å². The maximum atomic E-state index is 13.0. The maximum Gasteiger partial charge on any atom is 0.257 e. The topological polar surface area (TPSA) is 64.2 Å². The first-order chi connectivity index (χ1) is 15.0. The Kier molecular flexibility index (Phi) is 6.44. The molecule has 0 aliphatic heterocycles. The lowest BCUT2D eigenvalue weighted by Gasteiger charge is -2.11. The highest BCUT2D eigenvalue weighted by molar-refractivity contribution is 6.30. The molecule has 2 heterocycles. The highest BCUT2D eigenvalue weighted by atomic mass is 35.5. The monoisotopic (exact) mass is 454 g/mol. The van der Waals surface area contributed by atoms with Crippen molar-refractivity contribution >= 4 is 40.2 Å². The Labute approximate surface area is 189 Å². The predicted molar refractivity (Wildman–Crippen MR) is 123 cm³/mol. The van der Waals surface area contributed by atoms with Crippen LogP contribution in [0.5, 0.6) is 0 Å². The van der Waals surface area contributed by atoms with Crippen molar-refractivity contribution in [2.75, 3.05) is 0 Å². The Hall–Kier alpha value is -3.02. The largest absolute Gasteiger partial charge is 0.443 e. The summed E-state index contributed by atoms with van der Waals surface area (Å²) in [5.41, 5.74) is 2.14. The average molecular weight is 455 g/mol. The van der Waals surface area contributed by atoms with E-state index in [9.17, 15) is 9.59 Å². The number of aromatic nitrogens is 1. The zero-order valence-corrected chi connectivity index (χ0v) is 18.1. The summed E-state index contributed by atoms with van der Waals surface area (Å²) in [4.78, 5) is 25.8. The lowest BCUT2D eigenvalue weighted by Crippen LogP contribution is -2.29. The highest BCUT2D eigenvalue weighted by Gasteiger charge is 2.19. The number of fused-ring (bicyclic) bond motifs is 1. The summed E-state index contributed by atoms with van der Waals surface area (Å²) in [6.07, 6.45) is 2.29. The molecule has 0 saturated carbocycles. The van der Waals surface area contributed by atoms with Crippen molar-refractivity contribution in [3.05, 3.63) is 105 Å². The van der Waals surface area contributed by atoms with Gasteiger partial charge in [0.25, 0.3) is 5.91 Å². The third-order valence-electron chi connectivity index (χ3n) is 5.03. The highest BCUT2D eigenvalue weighted by Crippen LogP contribution is 2.20. The Balaban J connectivity index is 1.63. The lowest BCUT2D eigenvalue weighted by molar-refractivity contribution is 0.0949. The number of furan rings is 1. The molecular formula is C24H20Cl2N2O3. The van der Waals surface area contributed by atoms with E-state index in [1.165, 1.54) is 0 Å². The molecule has 158 valence electrons. The number of carbonyl (C=O) groups is 1. The molecule has 0 unspecified atom stereocenters. The van der Waals surface area contributed by atoms with Crippen molar-refractivity contribution in [2.45, 2.75) is 25.4 Å². The van der Waals surface area contributed by atoms with Crippen LogP contribution in [0.3, 0.4) is 0 Å². The van der Waals surface area contributed by atoms with Crippen molar-refractivity contribution < 1.29 is 9.21 Å². The van der Waals surface area contributed by atoms with E-state index >= 15 is 0 Å². The molecule has 0 atom stereocenters. The van der Waals surface area contributed by atoms with Gasteiger partial charge in [0, 0.05) is 24.3 Å². The zero-order chi connectivity index (χ0) is 21.8. The number of amides is 1. The van der Waals surface area contributed by atoms with Gasteiger partial charge in [-0.2, -0.15) is 0 Å². The number of halogens is 2. The van der Waals surface area contributed by atoms with E-state index in [-0.39, 0.29) is 23.4 Å². The number of alkyl halides is 1. The second-order valence-corrected chi connectivity index (χ2v) is 7.88. The molecule has 4 rings (SSSR count). The van der Waals surface area contributed by atoms with Crippen LogP contribution in [0.25, 0.3) is 11.1 Å². The van der Waals surface area contributed by atoms with Gasteiger partial charge in [0.15, 0.2) is 0 Å². The summed E-state index contributed by atoms with van der Waals surface area (Å²) in [5.74, 6) is 0.190. The van der Waals surface area contributed by atoms with E-state index in [1.807, 2.05) is 42.5 Å². The molecule has 0 spiro atoms. The van der Waals surface area contributed by atoms with Gasteiger partial charge in [-0.3, -0.25) is 9.59 Å². The smallest absolute Gasteiger partial charge is 0.257 e. The quantitative estimate of drug-likeness (QED) is 0.392. The molecule has 0 radical (unpaired) electrons.